The highest BCUT2D eigenvalue weighted by atomic mass is 16.5. The molecule has 0 radical (unpaired) electrons. The summed E-state index contributed by atoms with van der Waals surface area (Å²) >= 11 is 0. The lowest BCUT2D eigenvalue weighted by Crippen LogP contribution is -2.20. The lowest BCUT2D eigenvalue weighted by molar-refractivity contribution is 0.257. The number of aliphatic imine (C=N–C) groups is 1. The molecule has 0 amide bonds. The summed E-state index contributed by atoms with van der Waals surface area (Å²) in [5.74, 6) is 2.92. The molecule has 4 aromatic rings. The molecule has 0 atom stereocenters. The van der Waals surface area contributed by atoms with E-state index in [0.717, 1.165) is 22.3 Å². The van der Waals surface area contributed by atoms with E-state index in [1.54, 1.807) is 13.3 Å². The van der Waals surface area contributed by atoms with Gasteiger partial charge in [-0.05, 0) is 53.9 Å². The van der Waals surface area contributed by atoms with E-state index in [9.17, 15) is 0 Å². The number of fused-ring (bicyclic) bond motifs is 1. The van der Waals surface area contributed by atoms with E-state index in [-0.39, 0.29) is 0 Å². The van der Waals surface area contributed by atoms with E-state index in [1.807, 2.05) is 72.8 Å². The van der Waals surface area contributed by atoms with Gasteiger partial charge in [0.2, 0.25) is 0 Å². The number of amidine groups is 1. The van der Waals surface area contributed by atoms with Crippen molar-refractivity contribution in [3.63, 3.8) is 0 Å². The van der Waals surface area contributed by atoms with Crippen LogP contribution in [-0.2, 0) is 0 Å². The lowest BCUT2D eigenvalue weighted by Gasteiger charge is -2.12. The largest absolute Gasteiger partial charge is 0.493 e. The minimum Gasteiger partial charge on any atom is -0.493 e. The van der Waals surface area contributed by atoms with Crippen LogP contribution in [0.25, 0.3) is 11.0 Å². The Morgan fingerprint density at radius 1 is 1.03 bits per heavy atom. The van der Waals surface area contributed by atoms with Gasteiger partial charge in [-0.1, -0.05) is 44.2 Å². The fourth-order valence-corrected chi connectivity index (χ4v) is 3.14. The number of methoxy groups -OCH3 is 1. The first-order valence-electron chi connectivity index (χ1n) is 10.8. The summed E-state index contributed by atoms with van der Waals surface area (Å²) < 4.78 is 11.3. The summed E-state index contributed by atoms with van der Waals surface area (Å²) in [6.07, 6.45) is 1.71. The molecule has 1 heterocycles. The van der Waals surface area contributed by atoms with Crippen molar-refractivity contribution in [2.45, 2.75) is 13.8 Å². The highest BCUT2D eigenvalue weighted by Gasteiger charge is 2.10. The van der Waals surface area contributed by atoms with Gasteiger partial charge in [0.25, 0.3) is 0 Å². The van der Waals surface area contributed by atoms with Crippen LogP contribution in [0.4, 0.5) is 5.69 Å². The molecule has 0 aliphatic carbocycles. The maximum atomic E-state index is 5.82. The van der Waals surface area contributed by atoms with Crippen molar-refractivity contribution in [3.05, 3.63) is 84.2 Å². The third-order valence-electron chi connectivity index (χ3n) is 4.75. The van der Waals surface area contributed by atoms with Gasteiger partial charge in [-0.3, -0.25) is 5.43 Å². The number of rotatable bonds is 8. The van der Waals surface area contributed by atoms with Crippen LogP contribution in [0.15, 0.2) is 82.9 Å². The van der Waals surface area contributed by atoms with E-state index in [0.29, 0.717) is 35.7 Å². The molecule has 7 heteroatoms. The quantitative estimate of drug-likeness (QED) is 0.221. The van der Waals surface area contributed by atoms with E-state index in [4.69, 9.17) is 14.5 Å². The van der Waals surface area contributed by atoms with E-state index < -0.39 is 0 Å². The third kappa shape index (κ3) is 5.77. The number of nitrogens with one attached hydrogen (secondary N) is 2. The second-order valence-electron chi connectivity index (χ2n) is 7.88. The van der Waals surface area contributed by atoms with Crippen LogP contribution < -0.4 is 14.9 Å². The summed E-state index contributed by atoms with van der Waals surface area (Å²) in [7, 11) is 1.63. The molecule has 0 aliphatic heterocycles. The van der Waals surface area contributed by atoms with Gasteiger partial charge in [0.15, 0.2) is 23.2 Å². The van der Waals surface area contributed by atoms with Gasteiger partial charge in [-0.2, -0.15) is 5.10 Å². The highest BCUT2D eigenvalue weighted by molar-refractivity contribution is 6.00. The maximum Gasteiger partial charge on any atom is 0.190 e. The number of ether oxygens (including phenoxy) is 2. The Kier molecular flexibility index (Phi) is 6.99. The molecule has 4 rings (SSSR count). The summed E-state index contributed by atoms with van der Waals surface area (Å²) in [6, 6.07) is 23.2. The summed E-state index contributed by atoms with van der Waals surface area (Å²) in [6.45, 7) is 4.84. The van der Waals surface area contributed by atoms with Crippen molar-refractivity contribution in [2.24, 2.45) is 16.0 Å². The van der Waals surface area contributed by atoms with Gasteiger partial charge < -0.3 is 14.5 Å². The second kappa shape index (κ2) is 10.5. The molecule has 2 N–H and O–H groups in total. The molecule has 33 heavy (non-hydrogen) atoms. The topological polar surface area (TPSA) is 83.9 Å². The fraction of sp³-hybridized carbons (Fsp3) is 0.192. The van der Waals surface area contributed by atoms with Crippen molar-refractivity contribution >= 4 is 28.8 Å². The number of benzene rings is 3. The number of aromatic nitrogens is 2. The van der Waals surface area contributed by atoms with Crippen LogP contribution in [-0.4, -0.2) is 35.7 Å². The van der Waals surface area contributed by atoms with Crippen molar-refractivity contribution in [3.8, 4) is 11.5 Å². The number of H-pyrrole nitrogens is 1. The predicted molar refractivity (Wildman–Crippen MR) is 133 cm³/mol. The third-order valence-corrected chi connectivity index (χ3v) is 4.75. The molecule has 0 unspecified atom stereocenters. The number of hydrogen-bond acceptors (Lipinski definition) is 5. The summed E-state index contributed by atoms with van der Waals surface area (Å²) in [5, 5.41) is 4.40. The molecule has 0 saturated heterocycles. The average Bonchev–Trinajstić information content (AvgIpc) is 3.27. The van der Waals surface area contributed by atoms with Gasteiger partial charge in [0, 0.05) is 0 Å². The van der Waals surface area contributed by atoms with Crippen molar-refractivity contribution < 1.29 is 9.47 Å². The number of hydrazone groups is 1. The number of imidazole rings is 1. The Labute approximate surface area is 193 Å². The smallest absolute Gasteiger partial charge is 0.190 e. The molecule has 168 valence electrons. The molecule has 3 aromatic carbocycles. The van der Waals surface area contributed by atoms with Gasteiger partial charge in [0.05, 0.1) is 36.7 Å². The lowest BCUT2D eigenvalue weighted by atomic mass is 10.2. The molecule has 0 aliphatic rings. The van der Waals surface area contributed by atoms with Gasteiger partial charge in [-0.15, -0.1) is 0 Å². The monoisotopic (exact) mass is 441 g/mol. The molecule has 7 nitrogen and oxygen atoms in total. The zero-order valence-electron chi connectivity index (χ0n) is 18.9. The normalized spacial score (nSPS) is 11.9. The number of nitrogens with zero attached hydrogens (tertiary/aromatic N) is 3. The molecular weight excluding hydrogens is 414 g/mol. The standard InChI is InChI=1S/C26H27N5O2/c1-18(2)17-33-23-14-13-19(15-24(23)32-3)16-27-31-26(28-20-9-5-4-6-10-20)25-29-21-11-7-8-12-22(21)30-25/h4-16,18H,17H2,1-3H3,(H,28,31)(H,29,30)/b27-16+. The molecule has 0 bridgehead atoms. The fourth-order valence-electron chi connectivity index (χ4n) is 3.14. The predicted octanol–water partition coefficient (Wildman–Crippen LogP) is 5.31. The van der Waals surface area contributed by atoms with Crippen LogP contribution >= 0.6 is 0 Å². The Balaban J connectivity index is 1.57. The van der Waals surface area contributed by atoms with E-state index in [2.05, 4.69) is 34.3 Å². The summed E-state index contributed by atoms with van der Waals surface area (Å²) in [4.78, 5) is 12.6. The van der Waals surface area contributed by atoms with E-state index >= 15 is 0 Å². The van der Waals surface area contributed by atoms with Gasteiger partial charge >= 0.3 is 0 Å². The Hall–Kier alpha value is -4.13. The Morgan fingerprint density at radius 3 is 2.58 bits per heavy atom. The molecule has 0 saturated carbocycles. The van der Waals surface area contributed by atoms with E-state index in [1.165, 1.54) is 0 Å². The minimum absolute atomic E-state index is 0.431. The SMILES string of the molecule is COc1cc(/C=N/NC(=Nc2ccccc2)c2nc3ccccc3[nH]2)ccc1OCC(C)C. The number of para-hydroxylation sites is 3. The zero-order valence-corrected chi connectivity index (χ0v) is 18.9. The van der Waals surface area contributed by atoms with Crippen LogP contribution in [0.2, 0.25) is 0 Å². The minimum atomic E-state index is 0.431. The van der Waals surface area contributed by atoms with Crippen LogP contribution in [0, 0.1) is 5.92 Å². The maximum absolute atomic E-state index is 5.82. The van der Waals surface area contributed by atoms with Crippen LogP contribution in [0.1, 0.15) is 25.2 Å². The highest BCUT2D eigenvalue weighted by Crippen LogP contribution is 2.28. The number of hydrogen-bond donors (Lipinski definition) is 2. The molecular formula is C26H27N5O2. The first-order valence-corrected chi connectivity index (χ1v) is 10.8. The van der Waals surface area contributed by atoms with Gasteiger partial charge in [-0.25, -0.2) is 9.98 Å². The first kappa shape index (κ1) is 22.1. The summed E-state index contributed by atoms with van der Waals surface area (Å²) in [5.41, 5.74) is 6.49. The van der Waals surface area contributed by atoms with Crippen molar-refractivity contribution in [2.75, 3.05) is 13.7 Å². The second-order valence-corrected chi connectivity index (χ2v) is 7.88. The Morgan fingerprint density at radius 2 is 1.82 bits per heavy atom. The van der Waals surface area contributed by atoms with Crippen molar-refractivity contribution in [1.29, 1.82) is 0 Å². The zero-order chi connectivity index (χ0) is 23.0. The molecule has 0 fully saturated rings. The van der Waals surface area contributed by atoms with Crippen molar-refractivity contribution in [1.82, 2.24) is 15.4 Å². The van der Waals surface area contributed by atoms with Gasteiger partial charge in [0.1, 0.15) is 0 Å². The molecule has 1 aromatic heterocycles. The Bertz CT molecular complexity index is 1230. The van der Waals surface area contributed by atoms with Crippen LogP contribution in [0.3, 0.4) is 0 Å². The van der Waals surface area contributed by atoms with Crippen LogP contribution in [0.5, 0.6) is 11.5 Å². The average molecular weight is 442 g/mol. The molecule has 0 spiro atoms. The number of aromatic amines is 1. The first-order chi connectivity index (χ1) is 16.1.